The lowest BCUT2D eigenvalue weighted by atomic mass is 10.4. The highest BCUT2D eigenvalue weighted by atomic mass is 32.1. The molecule has 14 heavy (non-hydrogen) atoms. The number of anilines is 2. The monoisotopic (exact) mass is 226 g/mol. The molecule has 0 saturated heterocycles. The topological polar surface area (TPSA) is 55.0 Å². The normalized spacial score (nSPS) is 10.4. The first-order valence-corrected chi connectivity index (χ1v) is 5.78. The predicted molar refractivity (Wildman–Crippen MR) is 60.7 cm³/mol. The van der Waals surface area contributed by atoms with Gasteiger partial charge in [-0.3, -0.25) is 0 Å². The summed E-state index contributed by atoms with van der Waals surface area (Å²) < 4.78 is 4.03. The molecule has 0 fully saturated rings. The van der Waals surface area contributed by atoms with E-state index in [0.717, 1.165) is 17.2 Å². The van der Waals surface area contributed by atoms with Crippen molar-refractivity contribution in [3.05, 3.63) is 22.7 Å². The Morgan fingerprint density at radius 3 is 3.00 bits per heavy atom. The minimum absolute atomic E-state index is 0.579. The van der Waals surface area contributed by atoms with E-state index in [0.29, 0.717) is 5.82 Å². The van der Waals surface area contributed by atoms with Crippen molar-refractivity contribution < 1.29 is 0 Å². The first-order valence-electron chi connectivity index (χ1n) is 4.06. The molecule has 0 bridgehead atoms. The van der Waals surface area contributed by atoms with E-state index >= 15 is 0 Å². The molecule has 0 atom stereocenters. The van der Waals surface area contributed by atoms with Crippen LogP contribution in [0.3, 0.4) is 0 Å². The molecule has 6 heteroatoms. The van der Waals surface area contributed by atoms with Crippen LogP contribution >= 0.6 is 22.9 Å². The average molecular weight is 226 g/mol. The molecule has 74 valence electrons. The van der Waals surface area contributed by atoms with Crippen LogP contribution in [0.15, 0.2) is 17.0 Å². The molecule has 0 amide bonds. The summed E-state index contributed by atoms with van der Waals surface area (Å²) in [5, 5.41) is 3.11. The van der Waals surface area contributed by atoms with Crippen LogP contribution in [-0.4, -0.2) is 16.4 Å². The van der Waals surface area contributed by atoms with E-state index in [1.165, 1.54) is 11.5 Å². The smallest absolute Gasteiger partial charge is 0.139 e. The van der Waals surface area contributed by atoms with E-state index in [4.69, 9.17) is 5.73 Å². The lowest BCUT2D eigenvalue weighted by Gasteiger charge is -2.13. The highest BCUT2D eigenvalue weighted by Gasteiger charge is 2.06. The fourth-order valence-electron chi connectivity index (χ4n) is 1.10. The number of hydrogen-bond donors (Lipinski definition) is 1. The maximum Gasteiger partial charge on any atom is 0.139 e. The molecule has 2 aromatic rings. The van der Waals surface area contributed by atoms with Crippen LogP contribution < -0.4 is 10.6 Å². The summed E-state index contributed by atoms with van der Waals surface area (Å²) in [6.45, 7) is 0.797. The highest BCUT2D eigenvalue weighted by Crippen LogP contribution is 2.22. The molecule has 0 aliphatic heterocycles. The van der Waals surface area contributed by atoms with Gasteiger partial charge in [0.1, 0.15) is 10.8 Å². The minimum atomic E-state index is 0.579. The van der Waals surface area contributed by atoms with Crippen molar-refractivity contribution in [1.82, 2.24) is 9.36 Å². The summed E-state index contributed by atoms with van der Waals surface area (Å²) in [5.41, 5.74) is 8.46. The highest BCUT2D eigenvalue weighted by molar-refractivity contribution is 7.10. The van der Waals surface area contributed by atoms with Crippen molar-refractivity contribution in [3.63, 3.8) is 0 Å². The van der Waals surface area contributed by atoms with Gasteiger partial charge in [-0.2, -0.15) is 4.37 Å². The van der Waals surface area contributed by atoms with Crippen LogP contribution in [-0.2, 0) is 6.54 Å². The fraction of sp³-hybridized carbons (Fsp3) is 0.250. The van der Waals surface area contributed by atoms with Crippen molar-refractivity contribution in [2.24, 2.45) is 0 Å². The SMILES string of the molecule is CN(Cc1cscn1)c1cc(N)ns1. The Hall–Kier alpha value is -1.14. The van der Waals surface area contributed by atoms with Gasteiger partial charge in [0, 0.05) is 18.5 Å². The zero-order valence-electron chi connectivity index (χ0n) is 7.67. The van der Waals surface area contributed by atoms with Crippen molar-refractivity contribution in [2.75, 3.05) is 17.7 Å². The third-order valence-corrected chi connectivity index (χ3v) is 3.33. The lowest BCUT2D eigenvalue weighted by Crippen LogP contribution is -2.15. The predicted octanol–water partition coefficient (Wildman–Crippen LogP) is 1.82. The van der Waals surface area contributed by atoms with E-state index in [1.54, 1.807) is 11.3 Å². The van der Waals surface area contributed by atoms with Gasteiger partial charge in [0.05, 0.1) is 17.7 Å². The number of rotatable bonds is 3. The Kier molecular flexibility index (Phi) is 2.64. The van der Waals surface area contributed by atoms with Gasteiger partial charge in [-0.25, -0.2) is 4.98 Å². The molecule has 0 unspecified atom stereocenters. The number of nitrogen functional groups attached to an aromatic ring is 1. The van der Waals surface area contributed by atoms with E-state index in [2.05, 4.69) is 14.3 Å². The second-order valence-electron chi connectivity index (χ2n) is 2.93. The number of nitrogens with zero attached hydrogens (tertiary/aromatic N) is 3. The van der Waals surface area contributed by atoms with Crippen molar-refractivity contribution >= 4 is 33.7 Å². The molecule has 0 aliphatic rings. The van der Waals surface area contributed by atoms with Crippen LogP contribution in [0, 0.1) is 0 Å². The number of hydrogen-bond acceptors (Lipinski definition) is 6. The van der Waals surface area contributed by atoms with Crippen LogP contribution in [0.25, 0.3) is 0 Å². The van der Waals surface area contributed by atoms with E-state index < -0.39 is 0 Å². The maximum absolute atomic E-state index is 5.55. The maximum atomic E-state index is 5.55. The Bertz CT molecular complexity index is 395. The molecular weight excluding hydrogens is 216 g/mol. The van der Waals surface area contributed by atoms with Gasteiger partial charge in [0.2, 0.25) is 0 Å². The second kappa shape index (κ2) is 3.93. The van der Waals surface area contributed by atoms with Gasteiger partial charge in [0.25, 0.3) is 0 Å². The number of aromatic nitrogens is 2. The minimum Gasteiger partial charge on any atom is -0.383 e. The van der Waals surface area contributed by atoms with Gasteiger partial charge in [-0.05, 0) is 11.5 Å². The molecule has 2 aromatic heterocycles. The molecule has 4 nitrogen and oxygen atoms in total. The van der Waals surface area contributed by atoms with Gasteiger partial charge in [-0.1, -0.05) is 0 Å². The molecule has 0 saturated carbocycles. The molecule has 0 aliphatic carbocycles. The van der Waals surface area contributed by atoms with Crippen LogP contribution in [0.1, 0.15) is 5.69 Å². The molecule has 2 rings (SSSR count). The summed E-state index contributed by atoms with van der Waals surface area (Å²) in [6, 6.07) is 1.87. The summed E-state index contributed by atoms with van der Waals surface area (Å²) in [5.74, 6) is 0.579. The Morgan fingerprint density at radius 2 is 2.43 bits per heavy atom. The largest absolute Gasteiger partial charge is 0.383 e. The zero-order chi connectivity index (χ0) is 9.97. The van der Waals surface area contributed by atoms with Crippen molar-refractivity contribution in [2.45, 2.75) is 6.54 Å². The first-order chi connectivity index (χ1) is 6.75. The van der Waals surface area contributed by atoms with Gasteiger partial charge in [-0.15, -0.1) is 11.3 Å². The summed E-state index contributed by atoms with van der Waals surface area (Å²) in [7, 11) is 2.01. The van der Waals surface area contributed by atoms with Crippen LogP contribution in [0.4, 0.5) is 10.8 Å². The van der Waals surface area contributed by atoms with Crippen LogP contribution in [0.2, 0.25) is 0 Å². The van der Waals surface area contributed by atoms with E-state index in [9.17, 15) is 0 Å². The molecule has 0 radical (unpaired) electrons. The molecular formula is C8H10N4S2. The standard InChI is InChI=1S/C8H10N4S2/c1-12(3-6-4-13-5-10-6)8-2-7(9)11-14-8/h2,4-5H,3H2,1H3,(H2,9,11). The number of nitrogens with two attached hydrogens (primary N) is 1. The van der Waals surface area contributed by atoms with E-state index in [-0.39, 0.29) is 0 Å². The zero-order valence-corrected chi connectivity index (χ0v) is 9.31. The molecule has 2 N–H and O–H groups in total. The van der Waals surface area contributed by atoms with Crippen LogP contribution in [0.5, 0.6) is 0 Å². The van der Waals surface area contributed by atoms with Crippen molar-refractivity contribution in [3.8, 4) is 0 Å². The summed E-state index contributed by atoms with van der Waals surface area (Å²) in [4.78, 5) is 6.30. The Morgan fingerprint density at radius 1 is 1.57 bits per heavy atom. The summed E-state index contributed by atoms with van der Waals surface area (Å²) >= 11 is 3.01. The Balaban J connectivity index is 2.06. The van der Waals surface area contributed by atoms with Gasteiger partial charge in [0.15, 0.2) is 0 Å². The fourth-order valence-corrected chi connectivity index (χ4v) is 2.27. The van der Waals surface area contributed by atoms with Gasteiger partial charge < -0.3 is 10.6 Å². The summed E-state index contributed by atoms with van der Waals surface area (Å²) in [6.07, 6.45) is 0. The molecule has 2 heterocycles. The molecule has 0 spiro atoms. The second-order valence-corrected chi connectivity index (χ2v) is 4.43. The van der Waals surface area contributed by atoms with Crippen molar-refractivity contribution in [1.29, 1.82) is 0 Å². The Labute approximate surface area is 90.2 Å². The third kappa shape index (κ3) is 2.02. The lowest BCUT2D eigenvalue weighted by molar-refractivity contribution is 0.905. The molecule has 0 aromatic carbocycles. The average Bonchev–Trinajstić information content (AvgIpc) is 2.75. The van der Waals surface area contributed by atoms with E-state index in [1.807, 2.05) is 24.0 Å². The van der Waals surface area contributed by atoms with Gasteiger partial charge >= 0.3 is 0 Å². The first kappa shape index (κ1) is 9.42. The quantitative estimate of drug-likeness (QED) is 0.867. The third-order valence-electron chi connectivity index (χ3n) is 1.77. The number of thiazole rings is 1.